The molecule has 0 bridgehead atoms. The van der Waals surface area contributed by atoms with Crippen LogP contribution in [0.15, 0.2) is 6.07 Å². The first kappa shape index (κ1) is 14.8. The number of aromatic nitrogens is 2. The van der Waals surface area contributed by atoms with Gasteiger partial charge in [0.2, 0.25) is 17.7 Å². The summed E-state index contributed by atoms with van der Waals surface area (Å²) >= 11 is 0. The van der Waals surface area contributed by atoms with E-state index in [0.717, 1.165) is 45.7 Å². The molecule has 1 aromatic rings. The highest BCUT2D eigenvalue weighted by Gasteiger charge is 2.19. The maximum Gasteiger partial charge on any atom is 0.232 e. The first-order valence-corrected chi connectivity index (χ1v) is 6.91. The number of hydrogen-bond donors (Lipinski definition) is 1. The van der Waals surface area contributed by atoms with Gasteiger partial charge in [0.25, 0.3) is 0 Å². The van der Waals surface area contributed by atoms with Crippen LogP contribution in [0, 0.1) is 0 Å². The molecule has 2 rings (SSSR count). The molecular formula is C13H23N5O2. The van der Waals surface area contributed by atoms with Gasteiger partial charge in [0.1, 0.15) is 0 Å². The van der Waals surface area contributed by atoms with Crippen molar-refractivity contribution in [1.82, 2.24) is 14.9 Å². The van der Waals surface area contributed by atoms with E-state index in [-0.39, 0.29) is 0 Å². The molecule has 2 heterocycles. The van der Waals surface area contributed by atoms with Gasteiger partial charge in [-0.05, 0) is 19.5 Å². The summed E-state index contributed by atoms with van der Waals surface area (Å²) in [4.78, 5) is 13.3. The summed E-state index contributed by atoms with van der Waals surface area (Å²) in [5, 5.41) is 0. The lowest BCUT2D eigenvalue weighted by molar-refractivity contribution is 0.254. The number of ether oxygens (including phenoxy) is 2. The molecule has 0 aliphatic carbocycles. The van der Waals surface area contributed by atoms with Crippen molar-refractivity contribution in [3.05, 3.63) is 6.07 Å². The fraction of sp³-hybridized carbons (Fsp3) is 0.692. The summed E-state index contributed by atoms with van der Waals surface area (Å²) in [6.07, 6.45) is 1.05. The minimum absolute atomic E-state index is 0.525. The van der Waals surface area contributed by atoms with E-state index in [1.807, 2.05) is 0 Å². The molecule has 112 valence electrons. The Morgan fingerprint density at radius 3 is 2.20 bits per heavy atom. The Balaban J connectivity index is 1.99. The maximum atomic E-state index is 5.54. The minimum Gasteiger partial charge on any atom is -0.481 e. The highest BCUT2D eigenvalue weighted by atomic mass is 16.5. The summed E-state index contributed by atoms with van der Waals surface area (Å²) in [5.74, 6) is 1.72. The molecule has 0 unspecified atom stereocenters. The molecule has 7 nitrogen and oxygen atoms in total. The monoisotopic (exact) mass is 281 g/mol. The van der Waals surface area contributed by atoms with Crippen molar-refractivity contribution in [2.75, 3.05) is 58.4 Å². The molecule has 0 amide bonds. The summed E-state index contributed by atoms with van der Waals surface area (Å²) in [7, 11) is 3.19. The third-order valence-electron chi connectivity index (χ3n) is 3.42. The van der Waals surface area contributed by atoms with Crippen LogP contribution in [0.4, 0.5) is 5.95 Å². The quantitative estimate of drug-likeness (QED) is 0.784. The topological polar surface area (TPSA) is 76.7 Å². The van der Waals surface area contributed by atoms with Gasteiger partial charge in [0.05, 0.1) is 20.3 Å². The molecule has 0 aromatic carbocycles. The molecule has 2 N–H and O–H groups in total. The highest BCUT2D eigenvalue weighted by Crippen LogP contribution is 2.20. The number of anilines is 1. The Hall–Kier alpha value is -1.60. The van der Waals surface area contributed by atoms with Gasteiger partial charge in [-0.25, -0.2) is 0 Å². The minimum atomic E-state index is 0.525. The Kier molecular flexibility index (Phi) is 5.37. The molecular weight excluding hydrogens is 258 g/mol. The molecule has 0 spiro atoms. The molecule has 1 saturated heterocycles. The van der Waals surface area contributed by atoms with Crippen molar-refractivity contribution >= 4 is 5.95 Å². The fourth-order valence-electron chi connectivity index (χ4n) is 2.23. The van der Waals surface area contributed by atoms with Gasteiger partial charge < -0.3 is 20.1 Å². The van der Waals surface area contributed by atoms with Crippen molar-refractivity contribution in [3.63, 3.8) is 0 Å². The van der Waals surface area contributed by atoms with Gasteiger partial charge in [-0.2, -0.15) is 9.97 Å². The third kappa shape index (κ3) is 3.71. The second-order valence-electron chi connectivity index (χ2n) is 4.72. The zero-order chi connectivity index (χ0) is 14.4. The van der Waals surface area contributed by atoms with Gasteiger partial charge in [-0.15, -0.1) is 0 Å². The summed E-state index contributed by atoms with van der Waals surface area (Å²) < 4.78 is 10.4. The van der Waals surface area contributed by atoms with Crippen molar-refractivity contribution in [3.8, 4) is 11.8 Å². The first-order valence-electron chi connectivity index (χ1n) is 6.91. The second-order valence-corrected chi connectivity index (χ2v) is 4.72. The lowest BCUT2D eigenvalue weighted by Crippen LogP contribution is -2.47. The molecule has 7 heteroatoms. The zero-order valence-electron chi connectivity index (χ0n) is 12.2. The fourth-order valence-corrected chi connectivity index (χ4v) is 2.23. The van der Waals surface area contributed by atoms with Gasteiger partial charge >= 0.3 is 0 Å². The second kappa shape index (κ2) is 7.25. The van der Waals surface area contributed by atoms with E-state index in [2.05, 4.69) is 19.8 Å². The number of methoxy groups -OCH3 is 2. The lowest BCUT2D eigenvalue weighted by Gasteiger charge is -2.34. The van der Waals surface area contributed by atoms with E-state index in [0.29, 0.717) is 17.7 Å². The van der Waals surface area contributed by atoms with E-state index >= 15 is 0 Å². The molecule has 1 fully saturated rings. The average Bonchev–Trinajstić information content (AvgIpc) is 2.52. The normalized spacial score (nSPS) is 16.2. The Labute approximate surface area is 119 Å². The summed E-state index contributed by atoms with van der Waals surface area (Å²) in [5.41, 5.74) is 5.54. The lowest BCUT2D eigenvalue weighted by atomic mass is 10.3. The maximum absolute atomic E-state index is 5.54. The molecule has 0 saturated carbocycles. The van der Waals surface area contributed by atoms with Crippen LogP contribution in [0.3, 0.4) is 0 Å². The van der Waals surface area contributed by atoms with Gasteiger partial charge in [-0.3, -0.25) is 4.90 Å². The van der Waals surface area contributed by atoms with Crippen LogP contribution in [-0.4, -0.2) is 68.4 Å². The Morgan fingerprint density at radius 1 is 1.10 bits per heavy atom. The molecule has 1 aliphatic heterocycles. The standard InChI is InChI=1S/C13H23N5O2/c1-19-11-10-12(20-2)16-13(15-11)18-8-6-17(7-9-18)5-3-4-14/h10H,3-9,14H2,1-2H3. The zero-order valence-corrected chi connectivity index (χ0v) is 12.2. The van der Waals surface area contributed by atoms with Crippen molar-refractivity contribution in [1.29, 1.82) is 0 Å². The number of nitrogens with two attached hydrogens (primary N) is 1. The van der Waals surface area contributed by atoms with E-state index in [9.17, 15) is 0 Å². The predicted octanol–water partition coefficient (Wildman–Crippen LogP) is -0.0354. The van der Waals surface area contributed by atoms with Gasteiger partial charge in [-0.1, -0.05) is 0 Å². The van der Waals surface area contributed by atoms with Crippen LogP contribution >= 0.6 is 0 Å². The molecule has 20 heavy (non-hydrogen) atoms. The molecule has 1 aliphatic rings. The van der Waals surface area contributed by atoms with Gasteiger partial charge in [0, 0.05) is 26.2 Å². The number of nitrogens with zero attached hydrogens (tertiary/aromatic N) is 4. The van der Waals surface area contributed by atoms with E-state index in [1.165, 1.54) is 0 Å². The predicted molar refractivity (Wildman–Crippen MR) is 77.5 cm³/mol. The number of rotatable bonds is 6. The van der Waals surface area contributed by atoms with Crippen LogP contribution in [0.5, 0.6) is 11.8 Å². The average molecular weight is 281 g/mol. The first-order chi connectivity index (χ1) is 9.76. The molecule has 0 radical (unpaired) electrons. The van der Waals surface area contributed by atoms with Crippen LogP contribution in [0.2, 0.25) is 0 Å². The molecule has 0 atom stereocenters. The smallest absolute Gasteiger partial charge is 0.232 e. The van der Waals surface area contributed by atoms with Crippen LogP contribution < -0.4 is 20.1 Å². The summed E-state index contributed by atoms with van der Waals surface area (Å²) in [6.45, 7) is 5.62. The summed E-state index contributed by atoms with van der Waals surface area (Å²) in [6, 6.07) is 1.68. The van der Waals surface area contributed by atoms with Crippen LogP contribution in [-0.2, 0) is 0 Å². The van der Waals surface area contributed by atoms with Crippen molar-refractivity contribution < 1.29 is 9.47 Å². The van der Waals surface area contributed by atoms with Crippen molar-refractivity contribution in [2.45, 2.75) is 6.42 Å². The van der Waals surface area contributed by atoms with E-state index in [1.54, 1.807) is 20.3 Å². The van der Waals surface area contributed by atoms with Gasteiger partial charge in [0.15, 0.2) is 0 Å². The third-order valence-corrected chi connectivity index (χ3v) is 3.42. The number of hydrogen-bond acceptors (Lipinski definition) is 7. The van der Waals surface area contributed by atoms with Crippen molar-refractivity contribution in [2.24, 2.45) is 5.73 Å². The van der Waals surface area contributed by atoms with Crippen LogP contribution in [0.1, 0.15) is 6.42 Å². The Morgan fingerprint density at radius 2 is 1.70 bits per heavy atom. The van der Waals surface area contributed by atoms with E-state index < -0.39 is 0 Å². The largest absolute Gasteiger partial charge is 0.481 e. The highest BCUT2D eigenvalue weighted by molar-refractivity contribution is 5.37. The Bertz CT molecular complexity index is 399. The van der Waals surface area contributed by atoms with Crippen LogP contribution in [0.25, 0.3) is 0 Å². The molecule has 1 aromatic heterocycles. The SMILES string of the molecule is COc1cc(OC)nc(N2CCN(CCCN)CC2)n1. The number of piperazine rings is 1. The van der Waals surface area contributed by atoms with E-state index in [4.69, 9.17) is 15.2 Å².